The maximum atomic E-state index is 13.8. The number of esters is 2. The van der Waals surface area contributed by atoms with E-state index in [2.05, 4.69) is 53.9 Å². The summed E-state index contributed by atoms with van der Waals surface area (Å²) in [6, 6.07) is 17.8. The number of hydrogen-bond acceptors (Lipinski definition) is 7. The van der Waals surface area contributed by atoms with Crippen LogP contribution in [0.2, 0.25) is 0 Å². The zero-order valence-electron chi connectivity index (χ0n) is 36.7. The van der Waals surface area contributed by atoms with Crippen LogP contribution in [0, 0.1) is 57.7 Å². The first-order valence-corrected chi connectivity index (χ1v) is 23.0. The summed E-state index contributed by atoms with van der Waals surface area (Å²) in [6.07, 6.45) is 13.5. The molecule has 7 nitrogen and oxygen atoms in total. The highest BCUT2D eigenvalue weighted by molar-refractivity contribution is 5.90. The summed E-state index contributed by atoms with van der Waals surface area (Å²) < 4.78 is 26.3. The van der Waals surface area contributed by atoms with Crippen LogP contribution >= 0.6 is 0 Å². The van der Waals surface area contributed by atoms with Gasteiger partial charge >= 0.3 is 11.9 Å². The molecule has 2 saturated heterocycles. The van der Waals surface area contributed by atoms with Gasteiger partial charge in [-0.15, -0.1) is 0 Å². The van der Waals surface area contributed by atoms with E-state index in [1.54, 1.807) is 48.5 Å². The highest BCUT2D eigenvalue weighted by Crippen LogP contribution is 2.62. The first kappa shape index (κ1) is 42.9. The zero-order valence-corrected chi connectivity index (χ0v) is 36.7. The molecule has 2 heterocycles. The van der Waals surface area contributed by atoms with Crippen LogP contribution in [0.25, 0.3) is 0 Å². The number of ether oxygens (including phenoxy) is 4. The fraction of sp³-hybridized carbons (Fsp3) is 0.604. The Balaban J connectivity index is 1.12. The van der Waals surface area contributed by atoms with E-state index in [-0.39, 0.29) is 34.2 Å². The molecule has 12 atom stereocenters. The fourth-order valence-corrected chi connectivity index (χ4v) is 13.7. The van der Waals surface area contributed by atoms with Crippen molar-refractivity contribution in [3.63, 3.8) is 0 Å². The van der Waals surface area contributed by atoms with Crippen molar-refractivity contribution in [3.8, 4) is 0 Å². The van der Waals surface area contributed by atoms with Gasteiger partial charge in [0, 0.05) is 6.42 Å². The number of hydrogen-bond donors (Lipinski definition) is 0. The molecule has 0 amide bonds. The van der Waals surface area contributed by atoms with Gasteiger partial charge in [-0.2, -0.15) is 0 Å². The van der Waals surface area contributed by atoms with Crippen LogP contribution < -0.4 is 0 Å². The van der Waals surface area contributed by atoms with E-state index in [1.807, 2.05) is 12.1 Å². The van der Waals surface area contributed by atoms with Gasteiger partial charge in [0.2, 0.25) is 12.6 Å². The van der Waals surface area contributed by atoms with Crippen molar-refractivity contribution in [1.29, 1.82) is 0 Å². The number of rotatable bonds is 11. The average molecular weight is 817 g/mol. The lowest BCUT2D eigenvalue weighted by Crippen LogP contribution is -2.49. The highest BCUT2D eigenvalue weighted by atomic mass is 16.8. The molecule has 0 N–H and O–H groups in total. The van der Waals surface area contributed by atoms with Gasteiger partial charge in [-0.25, -0.2) is 9.59 Å². The summed E-state index contributed by atoms with van der Waals surface area (Å²) in [6.45, 7) is 21.4. The van der Waals surface area contributed by atoms with Crippen molar-refractivity contribution in [2.45, 2.75) is 143 Å². The Morgan fingerprint density at radius 3 is 1.97 bits per heavy atom. The van der Waals surface area contributed by atoms with Crippen LogP contribution in [0.15, 0.2) is 96.6 Å². The van der Waals surface area contributed by atoms with Crippen LogP contribution in [0.5, 0.6) is 0 Å². The third-order valence-electron chi connectivity index (χ3n) is 16.7. The minimum absolute atomic E-state index is 0.126. The van der Waals surface area contributed by atoms with Gasteiger partial charge in [-0.1, -0.05) is 114 Å². The quantitative estimate of drug-likeness (QED) is 0.0966. The first-order chi connectivity index (χ1) is 28.7. The summed E-state index contributed by atoms with van der Waals surface area (Å²) in [5.41, 5.74) is 4.69. The third kappa shape index (κ3) is 8.27. The Bertz CT molecular complexity index is 1950. The number of benzene rings is 2. The van der Waals surface area contributed by atoms with E-state index in [0.717, 1.165) is 38.4 Å². The first-order valence-electron chi connectivity index (χ1n) is 23.0. The average Bonchev–Trinajstić information content (AvgIpc) is 3.75. The molecule has 2 aliphatic heterocycles. The van der Waals surface area contributed by atoms with Crippen LogP contribution in [0.1, 0.15) is 139 Å². The second-order valence-corrected chi connectivity index (χ2v) is 21.0. The van der Waals surface area contributed by atoms with E-state index < -0.39 is 42.5 Å². The molecule has 6 fully saturated rings. The van der Waals surface area contributed by atoms with E-state index in [9.17, 15) is 14.4 Å². The standard InChI is InChI=1S/C53H68O7/c1-33-21-24-41-38(20-14-27-51(41,3)4)39(33)31-43-46-45(49(58-47(55)36-16-10-8-11-17-36)60-50(46)59-48(56)37-18-12-9-13-19-37)42(57-43)30-35(32-54)23-25-40-34(2)22-26-44-52(5,6)28-15-29-53(40,44)7/h8-13,16-19,23,32,38-46,49-50H,1-2,14-15,20-22,24-31H2,3-7H3/b35-23+/t38-,39+,40-,41-,42+,43+,44+,45-,46-,49-,50+,53+/m1/s1. The van der Waals surface area contributed by atoms with Crippen molar-refractivity contribution in [1.82, 2.24) is 0 Å². The lowest BCUT2D eigenvalue weighted by Gasteiger charge is -2.58. The van der Waals surface area contributed by atoms with Gasteiger partial charge in [-0.05, 0) is 140 Å². The van der Waals surface area contributed by atoms with Crippen molar-refractivity contribution in [2.24, 2.45) is 57.7 Å². The second kappa shape index (κ2) is 17.2. The van der Waals surface area contributed by atoms with Crippen molar-refractivity contribution >= 4 is 18.2 Å². The normalized spacial score (nSPS) is 37.0. The molecular formula is C53H68O7. The molecule has 322 valence electrons. The Morgan fingerprint density at radius 1 is 0.733 bits per heavy atom. The molecule has 2 aromatic carbocycles. The lowest BCUT2D eigenvalue weighted by molar-refractivity contribution is -0.199. The minimum Gasteiger partial charge on any atom is -0.432 e. The molecule has 4 aliphatic carbocycles. The SMILES string of the molecule is C=C1CC[C@H]2C(C)(C)CCC[C@@]2(C)[C@@H]1C/C=C(/C=O)C[C@@H]1O[C@@H](C[C@H]2C(=C)CC[C@@H]3[C@@H]2CCCC3(C)C)[C@H]2[C@@H](OC(=O)c3ccccc3)O[C@@H](OC(=O)c3ccccc3)[C@@H]21. The smallest absolute Gasteiger partial charge is 0.340 e. The number of allylic oxidation sites excluding steroid dienone is 3. The molecule has 7 heteroatoms. The molecule has 0 spiro atoms. The molecule has 0 aromatic heterocycles. The van der Waals surface area contributed by atoms with Gasteiger partial charge in [0.25, 0.3) is 0 Å². The maximum Gasteiger partial charge on any atom is 0.340 e. The topological polar surface area (TPSA) is 88.1 Å². The fourth-order valence-electron chi connectivity index (χ4n) is 13.7. The third-order valence-corrected chi connectivity index (χ3v) is 16.7. The molecule has 0 unspecified atom stereocenters. The van der Waals surface area contributed by atoms with Crippen LogP contribution in [-0.4, -0.2) is 43.0 Å². The number of carbonyl (C=O) groups excluding carboxylic acids is 3. The van der Waals surface area contributed by atoms with Gasteiger partial charge in [-0.3, -0.25) is 4.79 Å². The van der Waals surface area contributed by atoms with Crippen molar-refractivity contribution < 1.29 is 33.3 Å². The van der Waals surface area contributed by atoms with Crippen LogP contribution in [0.4, 0.5) is 0 Å². The molecule has 8 rings (SSSR count). The van der Waals surface area contributed by atoms with Crippen LogP contribution in [0.3, 0.4) is 0 Å². The summed E-state index contributed by atoms with van der Waals surface area (Å²) in [7, 11) is 0. The molecule has 4 saturated carbocycles. The number of fused-ring (bicyclic) bond motifs is 3. The molecule has 0 bridgehead atoms. The summed E-state index contributed by atoms with van der Waals surface area (Å²) in [5, 5.41) is 0. The predicted octanol–water partition coefficient (Wildman–Crippen LogP) is 11.9. The van der Waals surface area contributed by atoms with Crippen molar-refractivity contribution in [2.75, 3.05) is 0 Å². The number of aldehydes is 1. The Labute approximate surface area is 358 Å². The van der Waals surface area contributed by atoms with Gasteiger partial charge in [0.15, 0.2) is 0 Å². The van der Waals surface area contributed by atoms with E-state index in [0.29, 0.717) is 47.3 Å². The van der Waals surface area contributed by atoms with E-state index in [4.69, 9.17) is 18.9 Å². The largest absolute Gasteiger partial charge is 0.432 e. The Kier molecular flexibility index (Phi) is 12.3. The summed E-state index contributed by atoms with van der Waals surface area (Å²) >= 11 is 0. The highest BCUT2D eigenvalue weighted by Gasteiger charge is 2.61. The molecule has 2 aromatic rings. The van der Waals surface area contributed by atoms with E-state index in [1.165, 1.54) is 49.7 Å². The monoisotopic (exact) mass is 816 g/mol. The molecule has 0 radical (unpaired) electrons. The molecular weight excluding hydrogens is 749 g/mol. The Morgan fingerprint density at radius 2 is 1.33 bits per heavy atom. The summed E-state index contributed by atoms with van der Waals surface area (Å²) in [4.78, 5) is 40.6. The van der Waals surface area contributed by atoms with Gasteiger partial charge < -0.3 is 18.9 Å². The molecule has 6 aliphatic rings. The maximum absolute atomic E-state index is 13.8. The number of carbonyl (C=O) groups is 3. The minimum atomic E-state index is -1.06. The zero-order chi connectivity index (χ0) is 42.4. The lowest BCUT2D eigenvalue weighted by atomic mass is 9.47. The van der Waals surface area contributed by atoms with Crippen molar-refractivity contribution in [3.05, 3.63) is 108 Å². The van der Waals surface area contributed by atoms with Gasteiger partial charge in [0.1, 0.15) is 6.29 Å². The van der Waals surface area contributed by atoms with Gasteiger partial charge in [0.05, 0.1) is 35.2 Å². The second-order valence-electron chi connectivity index (χ2n) is 21.0. The van der Waals surface area contributed by atoms with Crippen LogP contribution in [-0.2, 0) is 23.7 Å². The molecule has 60 heavy (non-hydrogen) atoms. The van der Waals surface area contributed by atoms with E-state index >= 15 is 0 Å². The Hall–Kier alpha value is -3.81. The summed E-state index contributed by atoms with van der Waals surface area (Å²) in [5.74, 6) is 0.258. The predicted molar refractivity (Wildman–Crippen MR) is 234 cm³/mol.